The Hall–Kier alpha value is -1.25. The number of aromatic nitrogens is 1. The Balaban J connectivity index is 2.41. The van der Waals surface area contributed by atoms with Crippen LogP contribution >= 0.6 is 8.25 Å². The fraction of sp³-hybridized carbons (Fsp3) is 0.125. The Bertz CT molecular complexity index is 289. The molecular formula is C8H10NO3P+2. The van der Waals surface area contributed by atoms with Gasteiger partial charge in [-0.15, -0.1) is 11.1 Å². The lowest BCUT2D eigenvalue weighted by Crippen LogP contribution is -2.37. The van der Waals surface area contributed by atoms with Gasteiger partial charge < -0.3 is 0 Å². The van der Waals surface area contributed by atoms with Crippen molar-refractivity contribution in [1.29, 1.82) is 0 Å². The van der Waals surface area contributed by atoms with Crippen LogP contribution in [0, 0.1) is 0 Å². The van der Waals surface area contributed by atoms with Gasteiger partial charge in [-0.1, -0.05) is 12.1 Å². The van der Waals surface area contributed by atoms with Gasteiger partial charge in [0.2, 0.25) is 12.4 Å². The molecule has 0 aliphatic rings. The zero-order chi connectivity index (χ0) is 9.52. The second-order valence-electron chi connectivity index (χ2n) is 2.13. The average molecular weight is 199 g/mol. The van der Waals surface area contributed by atoms with Crippen molar-refractivity contribution in [3.05, 3.63) is 43.2 Å². The van der Waals surface area contributed by atoms with Crippen molar-refractivity contribution in [1.82, 2.24) is 0 Å². The molecule has 0 saturated carbocycles. The quantitative estimate of drug-likeness (QED) is 0.407. The zero-order valence-corrected chi connectivity index (χ0v) is 7.89. The van der Waals surface area contributed by atoms with E-state index in [1.165, 1.54) is 10.8 Å². The SMILES string of the molecule is C=CCO[P+](=O)O[n+]1ccccc1. The molecule has 1 heterocycles. The fourth-order valence-corrected chi connectivity index (χ4v) is 1.19. The Morgan fingerprint density at radius 3 is 2.69 bits per heavy atom. The van der Waals surface area contributed by atoms with Crippen molar-refractivity contribution in [2.24, 2.45) is 0 Å². The number of nitrogens with zero attached hydrogens (tertiary/aromatic N) is 1. The predicted molar refractivity (Wildman–Crippen MR) is 47.0 cm³/mol. The Labute approximate surface area is 77.3 Å². The van der Waals surface area contributed by atoms with Crippen molar-refractivity contribution >= 4 is 8.25 Å². The number of hydrogen-bond donors (Lipinski definition) is 0. The molecule has 1 rings (SSSR count). The van der Waals surface area contributed by atoms with E-state index in [1.807, 2.05) is 6.07 Å². The van der Waals surface area contributed by atoms with Crippen LogP contribution < -0.4 is 9.35 Å². The molecule has 0 N–H and O–H groups in total. The lowest BCUT2D eigenvalue weighted by atomic mass is 10.5. The third-order valence-electron chi connectivity index (χ3n) is 1.15. The van der Waals surface area contributed by atoms with Crippen molar-refractivity contribution in [3.8, 4) is 0 Å². The summed E-state index contributed by atoms with van der Waals surface area (Å²) in [5, 5.41) is 0. The molecule has 0 amide bonds. The molecule has 13 heavy (non-hydrogen) atoms. The van der Waals surface area contributed by atoms with Gasteiger partial charge in [0, 0.05) is 21.3 Å². The molecule has 0 fully saturated rings. The smallest absolute Gasteiger partial charge is 0.103 e. The fourth-order valence-electron chi connectivity index (χ4n) is 0.651. The van der Waals surface area contributed by atoms with Crippen molar-refractivity contribution in [3.63, 3.8) is 0 Å². The van der Waals surface area contributed by atoms with Crippen molar-refractivity contribution < 1.29 is 18.4 Å². The number of pyridine rings is 1. The first kappa shape index (κ1) is 9.84. The summed E-state index contributed by atoms with van der Waals surface area (Å²) in [5.74, 6) is 0. The summed E-state index contributed by atoms with van der Waals surface area (Å²) >= 11 is 0. The Kier molecular flexibility index (Phi) is 4.09. The highest BCUT2D eigenvalue weighted by molar-refractivity contribution is 7.33. The van der Waals surface area contributed by atoms with Crippen LogP contribution in [-0.2, 0) is 9.09 Å². The van der Waals surface area contributed by atoms with E-state index < -0.39 is 8.25 Å². The maximum Gasteiger partial charge on any atom is 0.814 e. The van der Waals surface area contributed by atoms with E-state index >= 15 is 0 Å². The first-order chi connectivity index (χ1) is 6.33. The van der Waals surface area contributed by atoms with E-state index in [-0.39, 0.29) is 6.61 Å². The topological polar surface area (TPSA) is 39.4 Å². The average Bonchev–Trinajstić information content (AvgIpc) is 2.16. The van der Waals surface area contributed by atoms with Gasteiger partial charge in [-0.05, 0) is 0 Å². The maximum atomic E-state index is 11.0. The number of hydrogen-bond acceptors (Lipinski definition) is 3. The molecule has 0 aliphatic carbocycles. The monoisotopic (exact) mass is 199 g/mol. The van der Waals surface area contributed by atoms with Gasteiger partial charge in [-0.25, -0.2) is 0 Å². The van der Waals surface area contributed by atoms with Crippen LogP contribution in [0.5, 0.6) is 0 Å². The third kappa shape index (κ3) is 3.78. The lowest BCUT2D eigenvalue weighted by Gasteiger charge is -1.82. The van der Waals surface area contributed by atoms with Crippen LogP contribution in [0.15, 0.2) is 43.2 Å². The summed E-state index contributed by atoms with van der Waals surface area (Å²) in [4.78, 5) is 0. The second kappa shape index (κ2) is 5.41. The van der Waals surface area contributed by atoms with Gasteiger partial charge >= 0.3 is 8.25 Å². The molecule has 1 aromatic heterocycles. The molecule has 1 atom stereocenters. The molecule has 4 nitrogen and oxygen atoms in total. The van der Waals surface area contributed by atoms with Gasteiger partial charge in [0.15, 0.2) is 0 Å². The van der Waals surface area contributed by atoms with E-state index in [0.29, 0.717) is 0 Å². The molecule has 0 spiro atoms. The standard InChI is InChI=1S/C8H10NO3P/c1-2-8-11-13(10)12-9-6-4-3-5-7-9/h2-7H,1,8H2/q+2. The summed E-state index contributed by atoms with van der Waals surface area (Å²) in [7, 11) is -2.12. The first-order valence-corrected chi connectivity index (χ1v) is 4.78. The van der Waals surface area contributed by atoms with E-state index in [0.717, 1.165) is 0 Å². The highest BCUT2D eigenvalue weighted by atomic mass is 31.1. The molecule has 5 heteroatoms. The minimum Gasteiger partial charge on any atom is -0.103 e. The van der Waals surface area contributed by atoms with Crippen LogP contribution in [0.1, 0.15) is 0 Å². The third-order valence-corrected chi connectivity index (χ3v) is 1.83. The normalized spacial score (nSPS) is 10.6. The minimum atomic E-state index is -2.12. The Morgan fingerprint density at radius 1 is 1.38 bits per heavy atom. The van der Waals surface area contributed by atoms with Gasteiger partial charge in [0.05, 0.1) is 4.73 Å². The molecule has 0 aliphatic heterocycles. The highest BCUT2D eigenvalue weighted by Gasteiger charge is 2.27. The van der Waals surface area contributed by atoms with Gasteiger partial charge in [-0.2, -0.15) is 0 Å². The van der Waals surface area contributed by atoms with Crippen LogP contribution in [0.25, 0.3) is 0 Å². The minimum absolute atomic E-state index is 0.211. The summed E-state index contributed by atoms with van der Waals surface area (Å²) in [6.07, 6.45) is 4.77. The van der Waals surface area contributed by atoms with E-state index in [1.54, 1.807) is 24.5 Å². The molecule has 1 unspecified atom stereocenters. The molecule has 1 aromatic rings. The summed E-state index contributed by atoms with van der Waals surface area (Å²) in [5.41, 5.74) is 0. The van der Waals surface area contributed by atoms with Gasteiger partial charge in [0.25, 0.3) is 0 Å². The van der Waals surface area contributed by atoms with Crippen molar-refractivity contribution in [2.75, 3.05) is 6.61 Å². The second-order valence-corrected chi connectivity index (χ2v) is 2.99. The van der Waals surface area contributed by atoms with Gasteiger partial charge in [-0.3, -0.25) is 0 Å². The molecule has 0 saturated heterocycles. The van der Waals surface area contributed by atoms with Gasteiger partial charge in [0.1, 0.15) is 6.61 Å². The summed E-state index contributed by atoms with van der Waals surface area (Å²) < 4.78 is 21.9. The van der Waals surface area contributed by atoms with E-state index in [2.05, 4.69) is 6.58 Å². The van der Waals surface area contributed by atoms with Crippen LogP contribution in [0.3, 0.4) is 0 Å². The van der Waals surface area contributed by atoms with Crippen LogP contribution in [-0.4, -0.2) is 6.61 Å². The summed E-state index contributed by atoms with van der Waals surface area (Å²) in [6, 6.07) is 5.35. The first-order valence-electron chi connectivity index (χ1n) is 3.69. The summed E-state index contributed by atoms with van der Waals surface area (Å²) in [6.45, 7) is 3.63. The zero-order valence-electron chi connectivity index (χ0n) is 7.00. The molecular weight excluding hydrogens is 189 g/mol. The van der Waals surface area contributed by atoms with Crippen molar-refractivity contribution in [2.45, 2.75) is 0 Å². The Morgan fingerprint density at radius 2 is 2.08 bits per heavy atom. The largest absolute Gasteiger partial charge is 0.814 e. The molecule has 0 aromatic carbocycles. The van der Waals surface area contributed by atoms with Crippen LogP contribution in [0.2, 0.25) is 0 Å². The molecule has 0 bridgehead atoms. The molecule has 0 radical (unpaired) electrons. The number of rotatable bonds is 5. The highest BCUT2D eigenvalue weighted by Crippen LogP contribution is 2.15. The van der Waals surface area contributed by atoms with Crippen LogP contribution in [0.4, 0.5) is 0 Å². The lowest BCUT2D eigenvalue weighted by molar-refractivity contribution is -0.858. The maximum absolute atomic E-state index is 11.0. The molecule has 68 valence electrons. The van der Waals surface area contributed by atoms with E-state index in [4.69, 9.17) is 9.15 Å². The van der Waals surface area contributed by atoms with E-state index in [9.17, 15) is 4.57 Å². The predicted octanol–water partition coefficient (Wildman–Crippen LogP) is 1.26.